The Hall–Kier alpha value is -0.860. The zero-order valence-electron chi connectivity index (χ0n) is 4.43. The van der Waals surface area contributed by atoms with Gasteiger partial charge in [0.25, 0.3) is 0 Å². The van der Waals surface area contributed by atoms with Gasteiger partial charge in [0.2, 0.25) is 6.41 Å². The fourth-order valence-electron chi connectivity index (χ4n) is 0.155. The summed E-state index contributed by atoms with van der Waals surface area (Å²) in [5.74, 6) is 0. The Balaban J connectivity index is 3.25. The number of hydrazone groups is 1. The van der Waals surface area contributed by atoms with Crippen LogP contribution in [-0.2, 0) is 4.79 Å². The van der Waals surface area contributed by atoms with E-state index >= 15 is 0 Å². The maximum atomic E-state index is 9.49. The van der Waals surface area contributed by atoms with Crippen LogP contribution in [0.15, 0.2) is 5.10 Å². The molecule has 0 rings (SSSR count). The third-order valence-corrected chi connectivity index (χ3v) is 0.341. The Morgan fingerprint density at radius 1 is 1.71 bits per heavy atom. The molecule has 1 N–H and O–H groups in total. The van der Waals surface area contributed by atoms with Gasteiger partial charge in [0, 0.05) is 5.71 Å². The lowest BCUT2D eigenvalue weighted by molar-refractivity contribution is -0.109. The molecule has 0 bridgehead atoms. The molecule has 0 heterocycles. The average Bonchev–Trinajstić information content (AvgIpc) is 1.61. The molecule has 0 saturated heterocycles. The maximum absolute atomic E-state index is 9.49. The van der Waals surface area contributed by atoms with E-state index < -0.39 is 0 Å². The van der Waals surface area contributed by atoms with Crippen LogP contribution in [0.1, 0.15) is 13.8 Å². The van der Waals surface area contributed by atoms with E-state index in [2.05, 4.69) is 10.5 Å². The molecule has 0 spiro atoms. The minimum Gasteiger partial charge on any atom is -0.277 e. The van der Waals surface area contributed by atoms with E-state index in [0.29, 0.717) is 6.41 Å². The van der Waals surface area contributed by atoms with Crippen molar-refractivity contribution in [1.29, 1.82) is 0 Å². The van der Waals surface area contributed by atoms with Gasteiger partial charge in [-0.25, -0.2) is 5.43 Å². The highest BCUT2D eigenvalue weighted by Gasteiger charge is 1.70. The molecule has 0 atom stereocenters. The van der Waals surface area contributed by atoms with E-state index in [-0.39, 0.29) is 0 Å². The Morgan fingerprint density at radius 3 is 2.43 bits per heavy atom. The van der Waals surface area contributed by atoms with Crippen molar-refractivity contribution >= 4 is 12.1 Å². The van der Waals surface area contributed by atoms with E-state index in [1.807, 2.05) is 0 Å². The predicted molar refractivity (Wildman–Crippen MR) is 28.0 cm³/mol. The third kappa shape index (κ3) is 5.14. The van der Waals surface area contributed by atoms with Gasteiger partial charge in [-0.3, -0.25) is 4.79 Å². The summed E-state index contributed by atoms with van der Waals surface area (Å²) in [6.07, 6.45) is 0.535. The average molecular weight is 100 g/mol. The molecule has 3 heteroatoms. The molecular formula is C4H8N2O. The van der Waals surface area contributed by atoms with Crippen LogP contribution < -0.4 is 5.43 Å². The van der Waals surface area contributed by atoms with Gasteiger partial charge < -0.3 is 0 Å². The van der Waals surface area contributed by atoms with Crippen LogP contribution in [0.4, 0.5) is 0 Å². The van der Waals surface area contributed by atoms with Gasteiger partial charge in [0.15, 0.2) is 0 Å². The van der Waals surface area contributed by atoms with Gasteiger partial charge in [-0.1, -0.05) is 0 Å². The minimum absolute atomic E-state index is 0.535. The van der Waals surface area contributed by atoms with Gasteiger partial charge in [0.1, 0.15) is 0 Å². The number of nitrogens with zero attached hydrogens (tertiary/aromatic N) is 1. The van der Waals surface area contributed by atoms with E-state index in [0.717, 1.165) is 5.71 Å². The van der Waals surface area contributed by atoms with E-state index in [1.54, 1.807) is 13.8 Å². The van der Waals surface area contributed by atoms with Crippen molar-refractivity contribution in [2.75, 3.05) is 0 Å². The molecule has 7 heavy (non-hydrogen) atoms. The van der Waals surface area contributed by atoms with E-state index in [1.165, 1.54) is 0 Å². The van der Waals surface area contributed by atoms with E-state index in [4.69, 9.17) is 0 Å². The summed E-state index contributed by atoms with van der Waals surface area (Å²) in [6, 6.07) is 0. The normalized spacial score (nSPS) is 7.14. The van der Waals surface area contributed by atoms with Crippen molar-refractivity contribution in [3.05, 3.63) is 0 Å². The number of hydrogen-bond acceptors (Lipinski definition) is 2. The standard InChI is InChI=1S/C4H8N2O/c1-4(2)6-5-3-7/h3H,1-2H3,(H,5,7). The van der Waals surface area contributed by atoms with Crippen LogP contribution in [0, 0.1) is 0 Å². The molecule has 0 unspecified atom stereocenters. The second kappa shape index (κ2) is 3.33. The van der Waals surface area contributed by atoms with Crippen molar-refractivity contribution in [1.82, 2.24) is 5.43 Å². The summed E-state index contributed by atoms with van der Waals surface area (Å²) < 4.78 is 0. The Kier molecular flexibility index (Phi) is 2.92. The number of amides is 1. The van der Waals surface area contributed by atoms with Crippen LogP contribution in [0.2, 0.25) is 0 Å². The summed E-state index contributed by atoms with van der Waals surface area (Å²) >= 11 is 0. The molecule has 0 aliphatic heterocycles. The topological polar surface area (TPSA) is 41.5 Å². The number of nitrogens with one attached hydrogen (secondary N) is 1. The van der Waals surface area contributed by atoms with Crippen LogP contribution in [0.5, 0.6) is 0 Å². The predicted octanol–water partition coefficient (Wildman–Crippen LogP) is 0.128. The molecule has 40 valence electrons. The van der Waals surface area contributed by atoms with Gasteiger partial charge in [-0.15, -0.1) is 0 Å². The number of carbonyl (C=O) groups excluding carboxylic acids is 1. The molecule has 0 fully saturated rings. The van der Waals surface area contributed by atoms with Crippen molar-refractivity contribution in [2.24, 2.45) is 5.10 Å². The first kappa shape index (κ1) is 6.14. The van der Waals surface area contributed by atoms with Gasteiger partial charge in [0.05, 0.1) is 0 Å². The number of rotatable bonds is 2. The Labute approximate surface area is 42.4 Å². The maximum Gasteiger partial charge on any atom is 0.227 e. The Morgan fingerprint density at radius 2 is 2.29 bits per heavy atom. The molecule has 0 radical (unpaired) electrons. The number of hydrogen-bond donors (Lipinski definition) is 1. The second-order valence-corrected chi connectivity index (χ2v) is 1.31. The lowest BCUT2D eigenvalue weighted by atomic mass is 10.5. The monoisotopic (exact) mass is 100 g/mol. The largest absolute Gasteiger partial charge is 0.277 e. The SMILES string of the molecule is CC(C)=NNC=O. The molecule has 0 aromatic heterocycles. The Bertz CT molecular complexity index is 83.7. The van der Waals surface area contributed by atoms with E-state index in [9.17, 15) is 4.79 Å². The van der Waals surface area contributed by atoms with Crippen LogP contribution in [0.3, 0.4) is 0 Å². The zero-order chi connectivity index (χ0) is 5.70. The summed E-state index contributed by atoms with van der Waals surface area (Å²) in [4.78, 5) is 9.49. The van der Waals surface area contributed by atoms with Crippen LogP contribution >= 0.6 is 0 Å². The summed E-state index contributed by atoms with van der Waals surface area (Å²) in [5, 5.41) is 3.54. The van der Waals surface area contributed by atoms with Crippen LogP contribution in [0.25, 0.3) is 0 Å². The lowest BCUT2D eigenvalue weighted by Gasteiger charge is -1.83. The first-order chi connectivity index (χ1) is 3.27. The molecule has 1 amide bonds. The minimum atomic E-state index is 0.535. The third-order valence-electron chi connectivity index (χ3n) is 0.341. The quantitative estimate of drug-likeness (QED) is 0.299. The van der Waals surface area contributed by atoms with Crippen molar-refractivity contribution in [3.8, 4) is 0 Å². The molecule has 3 nitrogen and oxygen atoms in total. The summed E-state index contributed by atoms with van der Waals surface area (Å²) in [7, 11) is 0. The summed E-state index contributed by atoms with van der Waals surface area (Å²) in [5.41, 5.74) is 3.00. The molecule has 0 aromatic carbocycles. The number of carbonyl (C=O) groups is 1. The highest BCUT2D eigenvalue weighted by molar-refractivity contribution is 5.79. The highest BCUT2D eigenvalue weighted by Crippen LogP contribution is 1.64. The van der Waals surface area contributed by atoms with Crippen molar-refractivity contribution < 1.29 is 4.79 Å². The lowest BCUT2D eigenvalue weighted by Crippen LogP contribution is -2.02. The first-order valence-electron chi connectivity index (χ1n) is 1.97. The zero-order valence-corrected chi connectivity index (χ0v) is 4.43. The molecular weight excluding hydrogens is 92.1 g/mol. The first-order valence-corrected chi connectivity index (χ1v) is 1.97. The smallest absolute Gasteiger partial charge is 0.227 e. The molecule has 0 saturated carbocycles. The molecule has 0 aliphatic rings. The fourth-order valence-corrected chi connectivity index (χ4v) is 0.155. The van der Waals surface area contributed by atoms with Crippen molar-refractivity contribution in [2.45, 2.75) is 13.8 Å². The van der Waals surface area contributed by atoms with Crippen LogP contribution in [-0.4, -0.2) is 12.1 Å². The van der Waals surface area contributed by atoms with Gasteiger partial charge in [-0.2, -0.15) is 5.10 Å². The highest BCUT2D eigenvalue weighted by atomic mass is 16.1. The summed E-state index contributed by atoms with van der Waals surface area (Å²) in [6.45, 7) is 3.60. The van der Waals surface area contributed by atoms with Gasteiger partial charge in [-0.05, 0) is 13.8 Å². The van der Waals surface area contributed by atoms with Gasteiger partial charge >= 0.3 is 0 Å². The molecule has 0 aromatic rings. The fraction of sp³-hybridized carbons (Fsp3) is 0.500. The van der Waals surface area contributed by atoms with Crippen molar-refractivity contribution in [3.63, 3.8) is 0 Å². The molecule has 0 aliphatic carbocycles. The second-order valence-electron chi connectivity index (χ2n) is 1.31.